The molecule has 0 saturated carbocycles. The van der Waals surface area contributed by atoms with Crippen LogP contribution in [-0.2, 0) is 9.53 Å². The van der Waals surface area contributed by atoms with E-state index in [0.29, 0.717) is 25.0 Å². The Hall–Kier alpha value is -1.34. The maximum absolute atomic E-state index is 12.3. The summed E-state index contributed by atoms with van der Waals surface area (Å²) in [6, 6.07) is 0.139. The van der Waals surface area contributed by atoms with Crippen LogP contribution >= 0.6 is 0 Å². The predicted molar refractivity (Wildman–Crippen MR) is 104 cm³/mol. The summed E-state index contributed by atoms with van der Waals surface area (Å²) in [7, 11) is 0. The number of hydrogen-bond acceptors (Lipinski definition) is 4. The standard InChI is InChI=1S/C20H36N4O3/c1-15(12-24-8-3-6-19(24)25)11-21-20(26)22-18-7-9-23(13-16(18)2)14-17-5-4-10-27-17/h15-18H,3-14H2,1-2H3,(H2,21,22,26)/t15-,16-,17+,18-/m1/s1. The summed E-state index contributed by atoms with van der Waals surface area (Å²) >= 11 is 0. The Morgan fingerprint density at radius 3 is 2.81 bits per heavy atom. The molecule has 7 nitrogen and oxygen atoms in total. The molecule has 154 valence electrons. The summed E-state index contributed by atoms with van der Waals surface area (Å²) in [6.07, 6.45) is 5.37. The van der Waals surface area contributed by atoms with Crippen LogP contribution in [0.25, 0.3) is 0 Å². The van der Waals surface area contributed by atoms with Crippen LogP contribution in [0.1, 0.15) is 46.0 Å². The van der Waals surface area contributed by atoms with Crippen molar-refractivity contribution >= 4 is 11.9 Å². The zero-order chi connectivity index (χ0) is 19.2. The molecule has 3 fully saturated rings. The van der Waals surface area contributed by atoms with Crippen LogP contribution in [0.5, 0.6) is 0 Å². The van der Waals surface area contributed by atoms with Gasteiger partial charge in [0.1, 0.15) is 0 Å². The SMILES string of the molecule is C[C@H](CNC(=O)N[C@@H]1CCN(C[C@@H]2CCCO2)C[C@H]1C)CN1CCCC1=O. The van der Waals surface area contributed by atoms with Crippen molar-refractivity contribution in [3.8, 4) is 0 Å². The Balaban J connectivity index is 1.32. The molecule has 3 heterocycles. The van der Waals surface area contributed by atoms with Crippen molar-refractivity contribution in [3.05, 3.63) is 0 Å². The van der Waals surface area contributed by atoms with Crippen molar-refractivity contribution in [3.63, 3.8) is 0 Å². The van der Waals surface area contributed by atoms with Gasteiger partial charge >= 0.3 is 6.03 Å². The lowest BCUT2D eigenvalue weighted by Gasteiger charge is -2.38. The molecule has 27 heavy (non-hydrogen) atoms. The average molecular weight is 381 g/mol. The third-order valence-corrected chi connectivity index (χ3v) is 6.11. The van der Waals surface area contributed by atoms with E-state index < -0.39 is 0 Å². The van der Waals surface area contributed by atoms with Crippen molar-refractivity contribution in [2.45, 2.75) is 58.1 Å². The maximum atomic E-state index is 12.3. The van der Waals surface area contributed by atoms with E-state index in [2.05, 4.69) is 29.4 Å². The van der Waals surface area contributed by atoms with Gasteiger partial charge in [0.2, 0.25) is 5.91 Å². The zero-order valence-corrected chi connectivity index (χ0v) is 16.9. The lowest BCUT2D eigenvalue weighted by atomic mass is 9.93. The molecule has 4 atom stereocenters. The van der Waals surface area contributed by atoms with Gasteiger partial charge in [-0.1, -0.05) is 13.8 Å². The number of nitrogens with one attached hydrogen (secondary N) is 2. The first-order valence-corrected chi connectivity index (χ1v) is 10.7. The second kappa shape index (κ2) is 9.73. The van der Waals surface area contributed by atoms with Crippen molar-refractivity contribution in [2.75, 3.05) is 45.9 Å². The number of ether oxygens (including phenoxy) is 1. The lowest BCUT2D eigenvalue weighted by molar-refractivity contribution is -0.128. The fraction of sp³-hybridized carbons (Fsp3) is 0.900. The fourth-order valence-corrected chi connectivity index (χ4v) is 4.51. The molecule has 7 heteroatoms. The lowest BCUT2D eigenvalue weighted by Crippen LogP contribution is -2.53. The summed E-state index contributed by atoms with van der Waals surface area (Å²) in [6.45, 7) is 10.4. The molecule has 0 aliphatic carbocycles. The topological polar surface area (TPSA) is 73.9 Å². The molecule has 3 saturated heterocycles. The molecule has 0 unspecified atom stereocenters. The van der Waals surface area contributed by atoms with Crippen LogP contribution in [0.2, 0.25) is 0 Å². The molecule has 3 rings (SSSR count). The van der Waals surface area contributed by atoms with Crippen molar-refractivity contribution in [1.29, 1.82) is 0 Å². The molecule has 3 aliphatic rings. The molecule has 2 N–H and O–H groups in total. The third kappa shape index (κ3) is 6.07. The number of piperidine rings is 1. The van der Waals surface area contributed by atoms with Gasteiger partial charge in [-0.25, -0.2) is 4.79 Å². The molecule has 0 aromatic rings. The Kier molecular flexibility index (Phi) is 7.35. The van der Waals surface area contributed by atoms with E-state index in [-0.39, 0.29) is 23.9 Å². The van der Waals surface area contributed by atoms with Crippen LogP contribution in [-0.4, -0.2) is 79.8 Å². The van der Waals surface area contributed by atoms with E-state index in [0.717, 1.165) is 52.2 Å². The number of likely N-dealkylation sites (tertiary alicyclic amines) is 2. The number of carbonyl (C=O) groups excluding carboxylic acids is 2. The van der Waals surface area contributed by atoms with Gasteiger partial charge in [-0.15, -0.1) is 0 Å². The monoisotopic (exact) mass is 380 g/mol. The second-order valence-electron chi connectivity index (χ2n) is 8.67. The van der Waals surface area contributed by atoms with E-state index in [1.54, 1.807) is 0 Å². The van der Waals surface area contributed by atoms with Crippen LogP contribution < -0.4 is 10.6 Å². The molecule has 0 aromatic heterocycles. The van der Waals surface area contributed by atoms with Crippen LogP contribution in [0.15, 0.2) is 0 Å². The number of rotatable bonds is 7. The first-order valence-electron chi connectivity index (χ1n) is 10.7. The highest BCUT2D eigenvalue weighted by Gasteiger charge is 2.29. The molecule has 0 spiro atoms. The highest BCUT2D eigenvalue weighted by atomic mass is 16.5. The summed E-state index contributed by atoms with van der Waals surface area (Å²) < 4.78 is 5.74. The molecule has 0 radical (unpaired) electrons. The van der Waals surface area contributed by atoms with Gasteiger partial charge in [-0.3, -0.25) is 4.79 Å². The van der Waals surface area contributed by atoms with Gasteiger partial charge < -0.3 is 25.2 Å². The highest BCUT2D eigenvalue weighted by molar-refractivity contribution is 5.78. The zero-order valence-electron chi connectivity index (χ0n) is 16.9. The molecular formula is C20H36N4O3. The Labute approximate surface area is 163 Å². The summed E-state index contributed by atoms with van der Waals surface area (Å²) in [5, 5.41) is 6.14. The first kappa shape index (κ1) is 20.4. The largest absolute Gasteiger partial charge is 0.377 e. The summed E-state index contributed by atoms with van der Waals surface area (Å²) in [5.41, 5.74) is 0. The van der Waals surface area contributed by atoms with E-state index in [1.807, 2.05) is 4.90 Å². The minimum Gasteiger partial charge on any atom is -0.377 e. The maximum Gasteiger partial charge on any atom is 0.315 e. The van der Waals surface area contributed by atoms with Crippen molar-refractivity contribution in [1.82, 2.24) is 20.4 Å². The number of hydrogen-bond donors (Lipinski definition) is 2. The quantitative estimate of drug-likeness (QED) is 0.701. The summed E-state index contributed by atoms with van der Waals surface area (Å²) in [4.78, 5) is 28.4. The predicted octanol–water partition coefficient (Wildman–Crippen LogP) is 1.43. The number of carbonyl (C=O) groups is 2. The van der Waals surface area contributed by atoms with Crippen LogP contribution in [0, 0.1) is 11.8 Å². The van der Waals surface area contributed by atoms with E-state index >= 15 is 0 Å². The van der Waals surface area contributed by atoms with E-state index in [4.69, 9.17) is 4.74 Å². The molecule has 3 aliphatic heterocycles. The van der Waals surface area contributed by atoms with Crippen molar-refractivity contribution < 1.29 is 14.3 Å². The van der Waals surface area contributed by atoms with Gasteiger partial charge in [0.05, 0.1) is 6.10 Å². The summed E-state index contributed by atoms with van der Waals surface area (Å²) in [5.74, 6) is 0.948. The Morgan fingerprint density at radius 2 is 2.15 bits per heavy atom. The minimum atomic E-state index is -0.0842. The number of nitrogens with zero attached hydrogens (tertiary/aromatic N) is 2. The Morgan fingerprint density at radius 1 is 1.30 bits per heavy atom. The minimum absolute atomic E-state index is 0.0842. The van der Waals surface area contributed by atoms with Gasteiger partial charge in [-0.2, -0.15) is 0 Å². The molecular weight excluding hydrogens is 344 g/mol. The van der Waals surface area contributed by atoms with Crippen molar-refractivity contribution in [2.24, 2.45) is 11.8 Å². The van der Waals surface area contributed by atoms with Gasteiger partial charge in [0.25, 0.3) is 0 Å². The molecule has 0 aromatic carbocycles. The van der Waals surface area contributed by atoms with Crippen LogP contribution in [0.3, 0.4) is 0 Å². The normalized spacial score (nSPS) is 30.5. The van der Waals surface area contributed by atoms with E-state index in [9.17, 15) is 9.59 Å². The number of urea groups is 1. The molecule has 0 bridgehead atoms. The first-order chi connectivity index (χ1) is 13.0. The fourth-order valence-electron chi connectivity index (χ4n) is 4.51. The smallest absolute Gasteiger partial charge is 0.315 e. The Bertz CT molecular complexity index is 509. The second-order valence-corrected chi connectivity index (χ2v) is 8.67. The highest BCUT2D eigenvalue weighted by Crippen LogP contribution is 2.20. The molecule has 3 amide bonds. The van der Waals surface area contributed by atoms with E-state index in [1.165, 1.54) is 12.8 Å². The van der Waals surface area contributed by atoms with Gasteiger partial charge in [0.15, 0.2) is 0 Å². The van der Waals surface area contributed by atoms with Crippen LogP contribution in [0.4, 0.5) is 4.79 Å². The number of amides is 3. The third-order valence-electron chi connectivity index (χ3n) is 6.11. The van der Waals surface area contributed by atoms with Gasteiger partial charge in [0, 0.05) is 58.3 Å². The van der Waals surface area contributed by atoms with Gasteiger partial charge in [-0.05, 0) is 37.5 Å². The average Bonchev–Trinajstić information content (AvgIpc) is 3.28.